The Bertz CT molecular complexity index is 1480. The van der Waals surface area contributed by atoms with Gasteiger partial charge in [-0.1, -0.05) is 19.4 Å². The average molecular weight is 412 g/mol. The Kier molecular flexibility index (Phi) is 5.41. The van der Waals surface area contributed by atoms with E-state index >= 15 is 0 Å². The van der Waals surface area contributed by atoms with Crippen molar-refractivity contribution in [2.45, 2.75) is 33.2 Å². The third-order valence-corrected chi connectivity index (χ3v) is 5.10. The van der Waals surface area contributed by atoms with Gasteiger partial charge in [0.2, 0.25) is 0 Å². The number of hydrogen-bond donors (Lipinski definition) is 0. The molecular weight excluding hydrogens is 392 g/mol. The molecule has 0 atom stereocenters. The Balaban J connectivity index is 2.12. The number of aryl methyl sites for hydroxylation is 2. The molecule has 0 N–H and O–H groups in total. The van der Waals surface area contributed by atoms with E-state index in [-0.39, 0.29) is 16.6 Å². The minimum absolute atomic E-state index is 0.150. The summed E-state index contributed by atoms with van der Waals surface area (Å²) in [7, 11) is 0. The zero-order valence-corrected chi connectivity index (χ0v) is 17.2. The maximum absolute atomic E-state index is 13.2. The van der Waals surface area contributed by atoms with Gasteiger partial charge in [0.1, 0.15) is 17.4 Å². The van der Waals surface area contributed by atoms with Gasteiger partial charge >= 0.3 is 0 Å². The van der Waals surface area contributed by atoms with Gasteiger partial charge in [-0.15, -0.1) is 0 Å². The summed E-state index contributed by atoms with van der Waals surface area (Å²) in [5.74, 6) is -0.489. The molecule has 0 spiro atoms. The Morgan fingerprint density at radius 3 is 2.71 bits per heavy atom. The smallest absolute Gasteiger partial charge is 0.279 e. The molecule has 0 aliphatic carbocycles. The van der Waals surface area contributed by atoms with Gasteiger partial charge in [0.25, 0.3) is 11.5 Å². The molecule has 154 valence electrons. The van der Waals surface area contributed by atoms with E-state index in [9.17, 15) is 14.9 Å². The number of amides is 1. The van der Waals surface area contributed by atoms with E-state index in [0.717, 1.165) is 18.4 Å². The monoisotopic (exact) mass is 412 g/mol. The van der Waals surface area contributed by atoms with Gasteiger partial charge in [0.15, 0.2) is 5.49 Å². The van der Waals surface area contributed by atoms with E-state index in [4.69, 9.17) is 4.98 Å². The van der Waals surface area contributed by atoms with Crippen LogP contribution in [0.15, 0.2) is 58.7 Å². The first-order valence-corrected chi connectivity index (χ1v) is 10.00. The molecule has 0 aliphatic heterocycles. The van der Waals surface area contributed by atoms with E-state index in [0.29, 0.717) is 28.8 Å². The molecule has 0 bridgehead atoms. The van der Waals surface area contributed by atoms with Crippen LogP contribution in [0.2, 0.25) is 0 Å². The first-order chi connectivity index (χ1) is 15.0. The molecule has 0 saturated carbocycles. The van der Waals surface area contributed by atoms with E-state index in [1.165, 1.54) is 22.9 Å². The van der Waals surface area contributed by atoms with Crippen LogP contribution in [0.5, 0.6) is 0 Å². The fraction of sp³-hybridized carbons (Fsp3) is 0.217. The second kappa shape index (κ2) is 8.32. The van der Waals surface area contributed by atoms with E-state index in [1.54, 1.807) is 29.0 Å². The summed E-state index contributed by atoms with van der Waals surface area (Å²) < 4.78 is 3.19. The molecule has 0 unspecified atom stereocenters. The van der Waals surface area contributed by atoms with Crippen molar-refractivity contribution in [3.63, 3.8) is 0 Å². The van der Waals surface area contributed by atoms with Gasteiger partial charge in [-0.05, 0) is 43.2 Å². The predicted molar refractivity (Wildman–Crippen MR) is 115 cm³/mol. The van der Waals surface area contributed by atoms with Crippen molar-refractivity contribution < 1.29 is 4.79 Å². The first-order valence-electron chi connectivity index (χ1n) is 10.00. The molecule has 4 heterocycles. The highest BCUT2D eigenvalue weighted by atomic mass is 16.1. The van der Waals surface area contributed by atoms with Crippen LogP contribution in [0.3, 0.4) is 0 Å². The molecule has 31 heavy (non-hydrogen) atoms. The van der Waals surface area contributed by atoms with Crippen LogP contribution in [0, 0.1) is 18.3 Å². The van der Waals surface area contributed by atoms with Crippen molar-refractivity contribution in [1.29, 1.82) is 5.26 Å². The van der Waals surface area contributed by atoms with Gasteiger partial charge in [0, 0.05) is 30.7 Å². The van der Waals surface area contributed by atoms with Crippen LogP contribution in [0.1, 0.15) is 41.3 Å². The number of carbonyl (C=O) groups is 1. The maximum Gasteiger partial charge on any atom is 0.279 e. The van der Waals surface area contributed by atoms with Crippen molar-refractivity contribution >= 4 is 22.6 Å². The Hall–Kier alpha value is -4.12. The average Bonchev–Trinajstić information content (AvgIpc) is 2.79. The molecule has 0 saturated heterocycles. The molecule has 0 aliphatic rings. The fourth-order valence-corrected chi connectivity index (χ4v) is 3.47. The standard InChI is InChI=1S/C23H20N6O2/c1-3-4-11-28-20(27-22(30)16-7-9-25-10-8-16)17(14-24)13-18-21(28)26-19-15(2)6-5-12-29(19)23(18)31/h5-10,12-13H,3-4,11H2,1-2H3. The summed E-state index contributed by atoms with van der Waals surface area (Å²) in [6, 6.07) is 10.4. The normalized spacial score (nSPS) is 11.7. The van der Waals surface area contributed by atoms with Crippen molar-refractivity contribution in [1.82, 2.24) is 18.9 Å². The lowest BCUT2D eigenvalue weighted by molar-refractivity contribution is 0.0997. The van der Waals surface area contributed by atoms with E-state index < -0.39 is 5.91 Å². The highest BCUT2D eigenvalue weighted by Crippen LogP contribution is 2.13. The Morgan fingerprint density at radius 1 is 1.23 bits per heavy atom. The Labute approximate surface area is 177 Å². The number of nitriles is 1. The van der Waals surface area contributed by atoms with Gasteiger partial charge in [-0.3, -0.25) is 19.0 Å². The third-order valence-electron chi connectivity index (χ3n) is 5.10. The topological polar surface area (TPSA) is 105 Å². The van der Waals surface area contributed by atoms with Gasteiger partial charge in [-0.2, -0.15) is 10.3 Å². The number of hydrogen-bond acceptors (Lipinski definition) is 5. The van der Waals surface area contributed by atoms with Crippen LogP contribution in [-0.2, 0) is 6.54 Å². The molecule has 4 rings (SSSR count). The number of rotatable bonds is 4. The predicted octanol–water partition coefficient (Wildman–Crippen LogP) is 2.77. The van der Waals surface area contributed by atoms with Crippen LogP contribution < -0.4 is 11.0 Å². The first kappa shape index (κ1) is 20.2. The SMILES string of the molecule is CCCCn1c(=NC(=O)c2ccncc2)c(C#N)cc2c(=O)n3cccc(C)c3nc21. The van der Waals surface area contributed by atoms with Crippen molar-refractivity contribution in [2.24, 2.45) is 4.99 Å². The maximum atomic E-state index is 13.2. The molecule has 4 aromatic heterocycles. The quantitative estimate of drug-likeness (QED) is 0.479. The molecule has 0 fully saturated rings. The van der Waals surface area contributed by atoms with Gasteiger partial charge in [-0.25, -0.2) is 4.98 Å². The van der Waals surface area contributed by atoms with E-state index in [2.05, 4.69) is 16.0 Å². The molecular formula is C23H20N6O2. The molecule has 8 nitrogen and oxygen atoms in total. The highest BCUT2D eigenvalue weighted by Gasteiger charge is 2.16. The van der Waals surface area contributed by atoms with Crippen LogP contribution in [0.4, 0.5) is 0 Å². The summed E-state index contributed by atoms with van der Waals surface area (Å²) in [5, 5.41) is 10.1. The number of fused-ring (bicyclic) bond motifs is 2. The van der Waals surface area contributed by atoms with Gasteiger partial charge < -0.3 is 4.57 Å². The van der Waals surface area contributed by atoms with Crippen molar-refractivity contribution in [2.75, 3.05) is 0 Å². The third kappa shape index (κ3) is 3.62. The number of carbonyl (C=O) groups excluding carboxylic acids is 1. The van der Waals surface area contributed by atoms with Crippen molar-refractivity contribution in [3.8, 4) is 6.07 Å². The number of unbranched alkanes of at least 4 members (excludes halogenated alkanes) is 1. The zero-order valence-electron chi connectivity index (χ0n) is 17.2. The lowest BCUT2D eigenvalue weighted by Gasteiger charge is -2.13. The summed E-state index contributed by atoms with van der Waals surface area (Å²) in [6.07, 6.45) is 6.34. The summed E-state index contributed by atoms with van der Waals surface area (Å²) >= 11 is 0. The number of nitrogens with zero attached hydrogens (tertiary/aromatic N) is 6. The summed E-state index contributed by atoms with van der Waals surface area (Å²) in [4.78, 5) is 38.9. The Morgan fingerprint density at radius 2 is 2.00 bits per heavy atom. The van der Waals surface area contributed by atoms with Gasteiger partial charge in [0.05, 0.1) is 10.9 Å². The molecule has 0 radical (unpaired) electrons. The molecule has 4 aromatic rings. The summed E-state index contributed by atoms with van der Waals surface area (Å²) in [6.45, 7) is 4.39. The van der Waals surface area contributed by atoms with E-state index in [1.807, 2.05) is 19.9 Å². The summed E-state index contributed by atoms with van der Waals surface area (Å²) in [5.41, 5.74) is 2.24. The molecule has 8 heteroatoms. The second-order valence-electron chi connectivity index (χ2n) is 7.19. The number of aromatic nitrogens is 4. The lowest BCUT2D eigenvalue weighted by Crippen LogP contribution is -2.29. The molecule has 0 aromatic carbocycles. The molecule has 1 amide bonds. The zero-order chi connectivity index (χ0) is 22.0. The largest absolute Gasteiger partial charge is 0.309 e. The van der Waals surface area contributed by atoms with Crippen LogP contribution in [-0.4, -0.2) is 24.8 Å². The van der Waals surface area contributed by atoms with Crippen LogP contribution >= 0.6 is 0 Å². The van der Waals surface area contributed by atoms with Crippen molar-refractivity contribution in [3.05, 3.63) is 81.5 Å². The lowest BCUT2D eigenvalue weighted by atomic mass is 10.2. The second-order valence-corrected chi connectivity index (χ2v) is 7.19. The fourth-order valence-electron chi connectivity index (χ4n) is 3.47. The minimum Gasteiger partial charge on any atom is -0.309 e. The minimum atomic E-state index is -0.489. The highest BCUT2D eigenvalue weighted by molar-refractivity contribution is 5.94. The number of pyridine rings is 3. The van der Waals surface area contributed by atoms with Crippen LogP contribution in [0.25, 0.3) is 16.7 Å².